The van der Waals surface area contributed by atoms with Crippen molar-refractivity contribution in [2.75, 3.05) is 18.5 Å². The Balaban J connectivity index is 1.87. The fourth-order valence-corrected chi connectivity index (χ4v) is 5.59. The third-order valence-corrected chi connectivity index (χ3v) is 7.94. The van der Waals surface area contributed by atoms with Crippen molar-refractivity contribution in [3.8, 4) is 0 Å². The molecule has 0 bridgehead atoms. The summed E-state index contributed by atoms with van der Waals surface area (Å²) in [6.45, 7) is 12.9. The van der Waals surface area contributed by atoms with Crippen LogP contribution in [0, 0.1) is 16.7 Å². The lowest BCUT2D eigenvalue weighted by Crippen LogP contribution is -2.53. The molecule has 2 aromatic carbocycles. The highest BCUT2D eigenvalue weighted by atomic mass is 35.5. The van der Waals surface area contributed by atoms with Crippen molar-refractivity contribution in [2.45, 2.75) is 72.8 Å². The molecule has 2 aromatic rings. The maximum atomic E-state index is 13.3. The van der Waals surface area contributed by atoms with E-state index >= 15 is 0 Å². The number of anilines is 1. The Labute approximate surface area is 226 Å². The van der Waals surface area contributed by atoms with Gasteiger partial charge in [0.05, 0.1) is 17.7 Å². The van der Waals surface area contributed by atoms with Crippen LogP contribution in [0.5, 0.6) is 0 Å². The number of aryl methyl sites for hydroxylation is 1. The monoisotopic (exact) mass is 528 g/mol. The second-order valence-electron chi connectivity index (χ2n) is 11.9. The van der Waals surface area contributed by atoms with E-state index in [4.69, 9.17) is 16.3 Å². The normalized spacial score (nSPS) is 20.9. The van der Waals surface area contributed by atoms with Crippen LogP contribution >= 0.6 is 11.6 Å². The van der Waals surface area contributed by atoms with Gasteiger partial charge in [0.1, 0.15) is 0 Å². The van der Waals surface area contributed by atoms with Gasteiger partial charge in [-0.25, -0.2) is 9.59 Å². The maximum Gasteiger partial charge on any atom is 0.338 e. The Bertz CT molecular complexity index is 1110. The Morgan fingerprint density at radius 2 is 1.78 bits per heavy atom. The number of nitrogens with one attached hydrogen (secondary N) is 2. The highest BCUT2D eigenvalue weighted by Gasteiger charge is 2.54. The molecule has 2 atom stereocenters. The number of ether oxygens (including phenoxy) is 1. The minimum atomic E-state index is -0.778. The van der Waals surface area contributed by atoms with Gasteiger partial charge in [-0.15, -0.1) is 0 Å². The van der Waals surface area contributed by atoms with Crippen LogP contribution in [0.4, 0.5) is 10.5 Å². The van der Waals surface area contributed by atoms with E-state index < -0.39 is 11.5 Å². The van der Waals surface area contributed by atoms with Crippen LogP contribution in [0.2, 0.25) is 5.02 Å². The number of benzene rings is 2. The summed E-state index contributed by atoms with van der Waals surface area (Å²) in [5.74, 6) is -0.604. The Kier molecular flexibility index (Phi) is 8.97. The van der Waals surface area contributed by atoms with Crippen molar-refractivity contribution in [1.29, 1.82) is 0 Å². The SMILES string of the molecule is CCOC(=O)c1ccc(NC(=O)NC2(c3ccc(CCC(C)(C)C)c(Cl)c3)CCC(C)(C)C2CO)cc1. The van der Waals surface area contributed by atoms with Crippen LogP contribution in [0.25, 0.3) is 0 Å². The van der Waals surface area contributed by atoms with Gasteiger partial charge in [0, 0.05) is 23.2 Å². The molecule has 2 unspecified atom stereocenters. The number of halogens is 1. The van der Waals surface area contributed by atoms with E-state index in [1.54, 1.807) is 31.2 Å². The molecule has 1 aliphatic carbocycles. The van der Waals surface area contributed by atoms with E-state index in [1.807, 2.05) is 12.1 Å². The Hall–Kier alpha value is -2.57. The molecular formula is C30H41ClN2O4. The third kappa shape index (κ3) is 6.85. The topological polar surface area (TPSA) is 87.7 Å². The molecule has 3 N–H and O–H groups in total. The van der Waals surface area contributed by atoms with Gasteiger partial charge in [-0.1, -0.05) is 58.4 Å². The van der Waals surface area contributed by atoms with Crippen LogP contribution < -0.4 is 10.6 Å². The summed E-state index contributed by atoms with van der Waals surface area (Å²) in [5.41, 5.74) is 2.20. The molecule has 1 saturated carbocycles. The lowest BCUT2D eigenvalue weighted by Gasteiger charge is -2.40. The highest BCUT2D eigenvalue weighted by Crippen LogP contribution is 2.54. The van der Waals surface area contributed by atoms with Gasteiger partial charge in [0.2, 0.25) is 0 Å². The first-order valence-corrected chi connectivity index (χ1v) is 13.5. The first-order valence-electron chi connectivity index (χ1n) is 13.1. The molecule has 0 spiro atoms. The molecule has 3 rings (SSSR count). The first-order chi connectivity index (χ1) is 17.3. The number of carbonyl (C=O) groups excluding carboxylic acids is 2. The van der Waals surface area contributed by atoms with Crippen LogP contribution in [0.3, 0.4) is 0 Å². The highest BCUT2D eigenvalue weighted by molar-refractivity contribution is 6.31. The summed E-state index contributed by atoms with van der Waals surface area (Å²) in [4.78, 5) is 25.2. The zero-order chi connectivity index (χ0) is 27.4. The summed E-state index contributed by atoms with van der Waals surface area (Å²) >= 11 is 6.76. The average Bonchev–Trinajstić information content (AvgIpc) is 3.08. The van der Waals surface area contributed by atoms with Gasteiger partial charge in [-0.2, -0.15) is 0 Å². The molecule has 6 nitrogen and oxygen atoms in total. The Morgan fingerprint density at radius 3 is 2.35 bits per heavy atom. The summed E-state index contributed by atoms with van der Waals surface area (Å²) in [5, 5.41) is 17.3. The second kappa shape index (κ2) is 11.4. The molecule has 0 aromatic heterocycles. The minimum absolute atomic E-state index is 0.0646. The molecule has 202 valence electrons. The molecule has 1 aliphatic rings. The number of carbonyl (C=O) groups is 2. The number of hydrogen-bond acceptors (Lipinski definition) is 4. The van der Waals surface area contributed by atoms with Crippen LogP contribution in [-0.2, 0) is 16.7 Å². The van der Waals surface area contributed by atoms with E-state index in [0.29, 0.717) is 29.3 Å². The fourth-order valence-electron chi connectivity index (χ4n) is 5.31. The van der Waals surface area contributed by atoms with E-state index in [1.165, 1.54) is 0 Å². The standard InChI is InChI=1S/C30H41ClN2O4/c1-7-37-26(35)21-9-12-23(13-10-21)32-27(36)33-30(17-16-29(5,6)25(30)19-34)22-11-8-20(24(31)18-22)14-15-28(2,3)4/h8-13,18,25,34H,7,14-17,19H2,1-6H3,(H2,32,33,36). The predicted octanol–water partition coefficient (Wildman–Crippen LogP) is 6.94. The number of aliphatic hydroxyl groups is 1. The summed E-state index contributed by atoms with van der Waals surface area (Å²) < 4.78 is 5.02. The number of esters is 1. The summed E-state index contributed by atoms with van der Waals surface area (Å²) in [6.07, 6.45) is 3.41. The zero-order valence-corrected chi connectivity index (χ0v) is 23.7. The number of rotatable bonds is 8. The third-order valence-electron chi connectivity index (χ3n) is 7.59. The van der Waals surface area contributed by atoms with Gasteiger partial charge in [-0.05, 0) is 84.9 Å². The minimum Gasteiger partial charge on any atom is -0.462 e. The lowest BCUT2D eigenvalue weighted by atomic mass is 9.72. The van der Waals surface area contributed by atoms with Crippen molar-refractivity contribution in [3.63, 3.8) is 0 Å². The summed E-state index contributed by atoms with van der Waals surface area (Å²) in [7, 11) is 0. The predicted molar refractivity (Wildman–Crippen MR) is 149 cm³/mol. The number of hydrogen-bond donors (Lipinski definition) is 3. The molecule has 1 fully saturated rings. The van der Waals surface area contributed by atoms with E-state index in [-0.39, 0.29) is 29.4 Å². The van der Waals surface area contributed by atoms with Crippen LogP contribution in [0.1, 0.15) is 82.3 Å². The van der Waals surface area contributed by atoms with Crippen molar-refractivity contribution < 1.29 is 19.4 Å². The number of urea groups is 1. The number of amides is 2. The maximum absolute atomic E-state index is 13.3. The lowest BCUT2D eigenvalue weighted by molar-refractivity contribution is 0.0526. The molecule has 0 radical (unpaired) electrons. The van der Waals surface area contributed by atoms with Gasteiger partial charge in [-0.3, -0.25) is 0 Å². The molecular weight excluding hydrogens is 488 g/mol. The summed E-state index contributed by atoms with van der Waals surface area (Å²) in [6, 6.07) is 12.2. The fraction of sp³-hybridized carbons (Fsp3) is 0.533. The quantitative estimate of drug-likeness (QED) is 0.324. The first kappa shape index (κ1) is 29.0. The van der Waals surface area contributed by atoms with Gasteiger partial charge < -0.3 is 20.5 Å². The van der Waals surface area contributed by atoms with Crippen molar-refractivity contribution >= 4 is 29.3 Å². The average molecular weight is 529 g/mol. The Morgan fingerprint density at radius 1 is 1.11 bits per heavy atom. The molecule has 0 saturated heterocycles. The molecule has 0 aliphatic heterocycles. The number of aliphatic hydroxyl groups excluding tert-OH is 1. The van der Waals surface area contributed by atoms with Crippen molar-refractivity contribution in [2.24, 2.45) is 16.7 Å². The second-order valence-corrected chi connectivity index (χ2v) is 12.3. The molecule has 0 heterocycles. The van der Waals surface area contributed by atoms with Gasteiger partial charge in [0.15, 0.2) is 0 Å². The van der Waals surface area contributed by atoms with Crippen LogP contribution in [-0.4, -0.2) is 30.3 Å². The van der Waals surface area contributed by atoms with Crippen molar-refractivity contribution in [3.05, 3.63) is 64.2 Å². The van der Waals surface area contributed by atoms with E-state index in [2.05, 4.69) is 51.3 Å². The van der Waals surface area contributed by atoms with Crippen molar-refractivity contribution in [1.82, 2.24) is 5.32 Å². The molecule has 7 heteroatoms. The van der Waals surface area contributed by atoms with E-state index in [9.17, 15) is 14.7 Å². The van der Waals surface area contributed by atoms with Gasteiger partial charge in [0.25, 0.3) is 0 Å². The largest absolute Gasteiger partial charge is 0.462 e. The van der Waals surface area contributed by atoms with Gasteiger partial charge >= 0.3 is 12.0 Å². The molecule has 2 amide bonds. The van der Waals surface area contributed by atoms with E-state index in [0.717, 1.165) is 30.4 Å². The molecule has 37 heavy (non-hydrogen) atoms. The van der Waals surface area contributed by atoms with Crippen LogP contribution in [0.15, 0.2) is 42.5 Å². The smallest absolute Gasteiger partial charge is 0.338 e. The zero-order valence-electron chi connectivity index (χ0n) is 22.9.